The zero-order valence-electron chi connectivity index (χ0n) is 11.8. The minimum absolute atomic E-state index is 0.226. The van der Waals surface area contributed by atoms with Crippen LogP contribution in [-0.2, 0) is 17.1 Å². The molecule has 3 aromatic rings. The highest BCUT2D eigenvalue weighted by Crippen LogP contribution is 2.22. The van der Waals surface area contributed by atoms with Gasteiger partial charge in [0.15, 0.2) is 9.93 Å². The fourth-order valence-corrected chi connectivity index (χ4v) is 3.07. The molecule has 0 saturated carbocycles. The van der Waals surface area contributed by atoms with Gasteiger partial charge in [0.25, 0.3) is 0 Å². The van der Waals surface area contributed by atoms with Crippen LogP contribution in [0.4, 0.5) is 0 Å². The van der Waals surface area contributed by atoms with Crippen LogP contribution in [0.1, 0.15) is 5.82 Å². The summed E-state index contributed by atoms with van der Waals surface area (Å²) in [6.45, 7) is -0.226. The molecule has 0 atom stereocenters. The lowest BCUT2D eigenvalue weighted by Crippen LogP contribution is -2.11. The first-order valence-corrected chi connectivity index (χ1v) is 7.98. The normalized spacial score (nSPS) is 10.8. The fraction of sp³-hybridized carbons (Fsp3) is 0.154. The third kappa shape index (κ3) is 3.48. The SMILES string of the molecule is O=C(O)Cn1c(CSc2nncn2-c2ccccc2)n[nH]c1=S. The molecule has 10 heteroatoms. The summed E-state index contributed by atoms with van der Waals surface area (Å²) < 4.78 is 3.59. The van der Waals surface area contributed by atoms with Gasteiger partial charge in [-0.2, -0.15) is 5.10 Å². The number of aromatic amines is 1. The number of carbonyl (C=O) groups is 1. The van der Waals surface area contributed by atoms with E-state index in [-0.39, 0.29) is 11.3 Å². The van der Waals surface area contributed by atoms with Gasteiger partial charge in [0.2, 0.25) is 0 Å². The molecular formula is C13H12N6O2S2. The number of benzene rings is 1. The van der Waals surface area contributed by atoms with E-state index in [0.717, 1.165) is 5.69 Å². The summed E-state index contributed by atoms with van der Waals surface area (Å²) in [5.41, 5.74) is 0.949. The summed E-state index contributed by atoms with van der Waals surface area (Å²) in [6.07, 6.45) is 1.63. The average Bonchev–Trinajstić information content (AvgIpc) is 3.14. The third-order valence-electron chi connectivity index (χ3n) is 3.01. The van der Waals surface area contributed by atoms with E-state index in [4.69, 9.17) is 17.3 Å². The van der Waals surface area contributed by atoms with E-state index < -0.39 is 5.97 Å². The molecule has 0 aliphatic rings. The van der Waals surface area contributed by atoms with Crippen molar-refractivity contribution < 1.29 is 9.90 Å². The number of nitrogens with one attached hydrogen (secondary N) is 1. The van der Waals surface area contributed by atoms with Crippen molar-refractivity contribution in [1.82, 2.24) is 29.5 Å². The van der Waals surface area contributed by atoms with Crippen LogP contribution in [0.15, 0.2) is 41.8 Å². The molecule has 8 nitrogen and oxygen atoms in total. The van der Waals surface area contributed by atoms with Crippen LogP contribution < -0.4 is 0 Å². The van der Waals surface area contributed by atoms with Crippen LogP contribution in [0.5, 0.6) is 0 Å². The molecule has 0 spiro atoms. The van der Waals surface area contributed by atoms with Crippen LogP contribution in [-0.4, -0.2) is 40.6 Å². The molecule has 2 aromatic heterocycles. The Morgan fingerprint density at radius 3 is 2.87 bits per heavy atom. The molecule has 2 N–H and O–H groups in total. The molecule has 23 heavy (non-hydrogen) atoms. The van der Waals surface area contributed by atoms with Crippen molar-refractivity contribution in [2.45, 2.75) is 17.5 Å². The lowest BCUT2D eigenvalue weighted by Gasteiger charge is -2.06. The number of aliphatic carboxylic acids is 1. The number of carboxylic acids is 1. The van der Waals surface area contributed by atoms with E-state index in [0.29, 0.717) is 16.7 Å². The Hall–Kier alpha value is -2.46. The van der Waals surface area contributed by atoms with Gasteiger partial charge in [0.1, 0.15) is 18.7 Å². The topological polar surface area (TPSA) is 102 Å². The van der Waals surface area contributed by atoms with Crippen molar-refractivity contribution >= 4 is 29.9 Å². The first kappa shape index (κ1) is 15.4. The van der Waals surface area contributed by atoms with Crippen LogP contribution in [0, 0.1) is 4.77 Å². The highest BCUT2D eigenvalue weighted by molar-refractivity contribution is 7.98. The van der Waals surface area contributed by atoms with Crippen molar-refractivity contribution in [3.8, 4) is 5.69 Å². The average molecular weight is 348 g/mol. The summed E-state index contributed by atoms with van der Waals surface area (Å²) in [6, 6.07) is 9.70. The number of carboxylic acid groups (broad SMARTS) is 1. The van der Waals surface area contributed by atoms with E-state index >= 15 is 0 Å². The smallest absolute Gasteiger partial charge is 0.323 e. The number of rotatable bonds is 6. The second-order valence-electron chi connectivity index (χ2n) is 4.53. The predicted octanol–water partition coefficient (Wildman–Crippen LogP) is 1.90. The minimum Gasteiger partial charge on any atom is -0.480 e. The maximum Gasteiger partial charge on any atom is 0.323 e. The molecular weight excluding hydrogens is 336 g/mol. The van der Waals surface area contributed by atoms with Gasteiger partial charge in [-0.05, 0) is 24.4 Å². The summed E-state index contributed by atoms with van der Waals surface area (Å²) in [5, 5.41) is 24.3. The van der Waals surface area contributed by atoms with Crippen LogP contribution >= 0.6 is 24.0 Å². The summed E-state index contributed by atoms with van der Waals surface area (Å²) in [4.78, 5) is 10.9. The van der Waals surface area contributed by atoms with E-state index in [1.807, 2.05) is 34.9 Å². The minimum atomic E-state index is -0.971. The molecule has 0 unspecified atom stereocenters. The first-order chi connectivity index (χ1) is 11.1. The molecule has 0 saturated heterocycles. The van der Waals surface area contributed by atoms with Crippen molar-refractivity contribution in [2.75, 3.05) is 0 Å². The lowest BCUT2D eigenvalue weighted by atomic mass is 10.3. The van der Waals surface area contributed by atoms with Gasteiger partial charge in [-0.15, -0.1) is 10.2 Å². The van der Waals surface area contributed by atoms with Crippen LogP contribution in [0.3, 0.4) is 0 Å². The van der Waals surface area contributed by atoms with E-state index in [1.165, 1.54) is 16.3 Å². The largest absolute Gasteiger partial charge is 0.480 e. The number of para-hydroxylation sites is 1. The van der Waals surface area contributed by atoms with E-state index in [2.05, 4.69) is 20.4 Å². The molecule has 0 aliphatic carbocycles. The van der Waals surface area contributed by atoms with Crippen LogP contribution in [0.2, 0.25) is 0 Å². The molecule has 0 aliphatic heterocycles. The standard InChI is InChI=1S/C13H12N6O2S2/c20-11(21)6-18-10(15-16-12(18)22)7-23-13-17-14-8-19(13)9-4-2-1-3-5-9/h1-5,8H,6-7H2,(H,16,22)(H,20,21). The first-order valence-electron chi connectivity index (χ1n) is 6.59. The van der Waals surface area contributed by atoms with Gasteiger partial charge in [0.05, 0.1) is 5.75 Å². The van der Waals surface area contributed by atoms with Gasteiger partial charge in [-0.25, -0.2) is 0 Å². The number of hydrogen-bond donors (Lipinski definition) is 2. The summed E-state index contributed by atoms with van der Waals surface area (Å²) in [7, 11) is 0. The number of nitrogens with zero attached hydrogens (tertiary/aromatic N) is 5. The molecule has 3 rings (SSSR count). The van der Waals surface area contributed by atoms with E-state index in [9.17, 15) is 4.79 Å². The van der Waals surface area contributed by atoms with E-state index in [1.54, 1.807) is 6.33 Å². The monoisotopic (exact) mass is 348 g/mol. The molecule has 0 radical (unpaired) electrons. The van der Waals surface area contributed by atoms with Crippen molar-refractivity contribution in [2.24, 2.45) is 0 Å². The number of thioether (sulfide) groups is 1. The fourth-order valence-electron chi connectivity index (χ4n) is 1.98. The Kier molecular flexibility index (Phi) is 4.53. The molecule has 1 aromatic carbocycles. The molecule has 0 amide bonds. The summed E-state index contributed by atoms with van der Waals surface area (Å²) >= 11 is 6.45. The second kappa shape index (κ2) is 6.75. The lowest BCUT2D eigenvalue weighted by molar-refractivity contribution is -0.137. The van der Waals surface area contributed by atoms with Crippen LogP contribution in [0.25, 0.3) is 5.69 Å². The highest BCUT2D eigenvalue weighted by Gasteiger charge is 2.13. The van der Waals surface area contributed by atoms with Gasteiger partial charge in [-0.1, -0.05) is 30.0 Å². The van der Waals surface area contributed by atoms with Gasteiger partial charge >= 0.3 is 5.97 Å². The predicted molar refractivity (Wildman–Crippen MR) is 86.0 cm³/mol. The molecule has 2 heterocycles. The number of H-pyrrole nitrogens is 1. The van der Waals surface area contributed by atoms with Gasteiger partial charge < -0.3 is 5.11 Å². The zero-order chi connectivity index (χ0) is 16.2. The van der Waals surface area contributed by atoms with Gasteiger partial charge in [0, 0.05) is 5.69 Å². The number of aromatic nitrogens is 6. The van der Waals surface area contributed by atoms with Crippen molar-refractivity contribution in [3.63, 3.8) is 0 Å². The maximum atomic E-state index is 10.9. The molecule has 118 valence electrons. The Bertz CT molecular complexity index is 870. The Morgan fingerprint density at radius 1 is 1.35 bits per heavy atom. The number of hydrogen-bond acceptors (Lipinski definition) is 6. The third-order valence-corrected chi connectivity index (χ3v) is 4.26. The second-order valence-corrected chi connectivity index (χ2v) is 5.86. The van der Waals surface area contributed by atoms with Gasteiger partial charge in [-0.3, -0.25) is 19.0 Å². The Morgan fingerprint density at radius 2 is 2.13 bits per heavy atom. The zero-order valence-corrected chi connectivity index (χ0v) is 13.4. The highest BCUT2D eigenvalue weighted by atomic mass is 32.2. The Labute approximate surface area is 140 Å². The van der Waals surface area contributed by atoms with Crippen molar-refractivity contribution in [1.29, 1.82) is 0 Å². The molecule has 0 bridgehead atoms. The summed E-state index contributed by atoms with van der Waals surface area (Å²) in [5.74, 6) is -0.00224. The maximum absolute atomic E-state index is 10.9. The Balaban J connectivity index is 1.79. The molecule has 0 fully saturated rings. The van der Waals surface area contributed by atoms with Crippen molar-refractivity contribution in [3.05, 3.63) is 47.3 Å². The quantitative estimate of drug-likeness (QED) is 0.518.